The minimum absolute atomic E-state index is 0. The Morgan fingerprint density at radius 3 is 1.20 bits per heavy atom. The number of hydrogen-bond donors (Lipinski definition) is 0. The van der Waals surface area contributed by atoms with Gasteiger partial charge >= 0.3 is 68.7 Å². The van der Waals surface area contributed by atoms with Crippen LogP contribution >= 0.6 is 0 Å². The van der Waals surface area contributed by atoms with Crippen molar-refractivity contribution in [3.05, 3.63) is 0 Å². The van der Waals surface area contributed by atoms with Crippen molar-refractivity contribution in [1.82, 2.24) is 0 Å². The second-order valence-corrected chi connectivity index (χ2v) is 0. The van der Waals surface area contributed by atoms with Gasteiger partial charge in [0.25, 0.3) is 0 Å². The maximum Gasteiger partial charge on any atom is 0 e. The first-order valence-corrected chi connectivity index (χ1v) is 0.508. The van der Waals surface area contributed by atoms with E-state index in [0.29, 0.717) is 0 Å². The van der Waals surface area contributed by atoms with Crippen LogP contribution in [0.5, 0.6) is 0 Å². The van der Waals surface area contributed by atoms with Gasteiger partial charge in [-0.1, -0.05) is 0 Å². The molecule has 0 saturated carbocycles. The maximum atomic E-state index is 7.81. The van der Waals surface area contributed by atoms with Gasteiger partial charge in [-0.3, -0.25) is 0 Å². The molecule has 0 bridgehead atoms. The topological polar surface area (TPSA) is 17.1 Å². The maximum absolute atomic E-state index is 7.81. The molecule has 0 unspecified atom stereocenters. The van der Waals surface area contributed by atoms with Crippen LogP contribution in [0.25, 0.3) is 0 Å². The zero-order valence-electron chi connectivity index (χ0n) is 1.71. The van der Waals surface area contributed by atoms with Crippen molar-refractivity contribution in [3.63, 3.8) is 0 Å². The fourth-order valence-corrected chi connectivity index (χ4v) is 0. The van der Waals surface area contributed by atoms with Gasteiger partial charge in [0.1, 0.15) is 0 Å². The summed E-state index contributed by atoms with van der Waals surface area (Å²) >= 11 is 2.94. The number of hydrogen-bond acceptors (Lipinski definition) is 1. The van der Waals surface area contributed by atoms with E-state index in [4.69, 9.17) is 3.83 Å². The van der Waals surface area contributed by atoms with Gasteiger partial charge in [0, 0.05) is 68.0 Å². The molecular formula is H2BaCeCuOZr. The summed E-state index contributed by atoms with van der Waals surface area (Å²) in [6, 6.07) is 0. The van der Waals surface area contributed by atoms with E-state index >= 15 is 0 Å². The molecule has 5 heavy (non-hydrogen) atoms. The molecule has 0 fully saturated rings. The van der Waals surface area contributed by atoms with Gasteiger partial charge < -0.3 is 0 Å². The van der Waals surface area contributed by atoms with Crippen LogP contribution in [-0.2, 0) is 46.0 Å². The van der Waals surface area contributed by atoms with E-state index in [9.17, 15) is 0 Å². The van der Waals surface area contributed by atoms with Gasteiger partial charge in [0.2, 0.25) is 0 Å². The van der Waals surface area contributed by atoms with E-state index < -0.39 is 0 Å². The van der Waals surface area contributed by atoms with E-state index in [0.717, 1.165) is 0 Å². The first kappa shape index (κ1) is 22.9. The average molecular weight is 450 g/mol. The van der Waals surface area contributed by atoms with Crippen molar-refractivity contribution in [2.24, 2.45) is 0 Å². The molecule has 0 rings (SSSR count). The molecule has 0 saturated heterocycles. The standard InChI is InChI=1S/Ba.Ce.Cu.O.Zr.2H. The fourth-order valence-electron chi connectivity index (χ4n) is 0. The Kier molecular flexibility index (Phi) is 111. The van der Waals surface area contributed by atoms with E-state index in [-0.39, 0.29) is 117 Å². The summed E-state index contributed by atoms with van der Waals surface area (Å²) in [5.74, 6) is 0. The van der Waals surface area contributed by atoms with Crippen LogP contribution in [0.15, 0.2) is 0 Å². The zero-order chi connectivity index (χ0) is 2.00. The normalized spacial score (nSPS) is 1.20. The Balaban J connectivity index is -0.00000000167. The first-order valence-electron chi connectivity index (χ1n) is 0.123. The van der Waals surface area contributed by atoms with Gasteiger partial charge in [-0.15, -0.1) is 0 Å². The fraction of sp³-hybridized carbons (Fsp3) is 0. The van der Waals surface area contributed by atoms with Gasteiger partial charge in [-0.25, -0.2) is 0 Å². The van der Waals surface area contributed by atoms with Crippen molar-refractivity contribution in [2.45, 2.75) is 0 Å². The Labute approximate surface area is 132 Å². The van der Waals surface area contributed by atoms with Crippen LogP contribution in [-0.4, -0.2) is 48.9 Å². The molecule has 0 N–H and O–H groups in total. The van der Waals surface area contributed by atoms with Crippen molar-refractivity contribution in [2.75, 3.05) is 0 Å². The largest absolute Gasteiger partial charge is 0 e. The van der Waals surface area contributed by atoms with Crippen LogP contribution in [0.4, 0.5) is 0 Å². The predicted octanol–water partition coefficient (Wildman–Crippen LogP) is -1.04. The van der Waals surface area contributed by atoms with Crippen molar-refractivity contribution in [1.29, 1.82) is 0 Å². The third kappa shape index (κ3) is 17.9. The summed E-state index contributed by atoms with van der Waals surface area (Å²) < 4.78 is 7.81. The van der Waals surface area contributed by atoms with E-state index in [2.05, 4.69) is 15.9 Å². The molecule has 29 valence electrons. The minimum atomic E-state index is 0. The van der Waals surface area contributed by atoms with Crippen LogP contribution in [0.3, 0.4) is 0 Å². The molecule has 0 aromatic heterocycles. The second-order valence-electron chi connectivity index (χ2n) is 0. The van der Waals surface area contributed by atoms with Crippen molar-refractivity contribution in [3.8, 4) is 0 Å². The van der Waals surface area contributed by atoms with E-state index in [1.54, 1.807) is 0 Å². The van der Waals surface area contributed by atoms with Crippen molar-refractivity contribution < 1.29 is 87.7 Å². The molecule has 0 spiro atoms. The average Bonchev–Trinajstić information content (AvgIpc) is 1.00. The van der Waals surface area contributed by atoms with Crippen LogP contribution in [0.2, 0.25) is 0 Å². The minimum Gasteiger partial charge on any atom is 0 e. The third-order valence-electron chi connectivity index (χ3n) is 0. The van der Waals surface area contributed by atoms with Crippen LogP contribution in [0.1, 0.15) is 0 Å². The molecule has 0 amide bonds. The molecule has 0 atom stereocenters. The van der Waals surface area contributed by atoms with Gasteiger partial charge in [-0.2, -0.15) is 0 Å². The summed E-state index contributed by atoms with van der Waals surface area (Å²) in [5, 5.41) is 0. The quantitative estimate of drug-likeness (QED) is 0.432. The Morgan fingerprint density at radius 1 is 1.20 bits per heavy atom. The molecule has 0 aliphatic heterocycles. The number of rotatable bonds is 0. The zero-order valence-corrected chi connectivity index (χ0v) is 8.25. The second kappa shape index (κ2) is 24.2. The molecule has 0 aromatic carbocycles. The molecule has 0 aliphatic carbocycles. The molecular weight excluding hydrogens is 448 g/mol. The van der Waals surface area contributed by atoms with Crippen LogP contribution in [0, 0.1) is 41.7 Å². The monoisotopic (exact) mass is 449 g/mol. The van der Waals surface area contributed by atoms with Crippen molar-refractivity contribution >= 4 is 48.9 Å². The molecule has 5 heteroatoms. The Hall–Kier alpha value is 4.15. The summed E-state index contributed by atoms with van der Waals surface area (Å²) in [6.45, 7) is 0. The molecule has 0 radical (unpaired) electrons. The van der Waals surface area contributed by atoms with Gasteiger partial charge in [0.15, 0.2) is 0 Å². The molecule has 0 aromatic rings. The van der Waals surface area contributed by atoms with E-state index in [1.165, 1.54) is 0 Å². The Morgan fingerprint density at radius 2 is 1.20 bits per heavy atom. The molecule has 0 aliphatic rings. The molecule has 0 heterocycles. The van der Waals surface area contributed by atoms with Crippen LogP contribution < -0.4 is 0 Å². The summed E-state index contributed by atoms with van der Waals surface area (Å²) in [5.41, 5.74) is 0. The van der Waals surface area contributed by atoms with Gasteiger partial charge in [-0.05, 0) is 0 Å². The smallest absolute Gasteiger partial charge is 0 e. The third-order valence-corrected chi connectivity index (χ3v) is 0. The summed E-state index contributed by atoms with van der Waals surface area (Å²) in [4.78, 5) is 0. The predicted molar refractivity (Wildman–Crippen MR) is 9.23 cm³/mol. The summed E-state index contributed by atoms with van der Waals surface area (Å²) in [7, 11) is 0. The van der Waals surface area contributed by atoms with Gasteiger partial charge in [0.05, 0.1) is 0 Å². The Bertz CT molecular complexity index is 11.6. The SMILES string of the molecule is [BaH2].[Ce].[O]=[Cu].[Zr]. The first-order chi connectivity index (χ1) is 1.00. The van der Waals surface area contributed by atoms with E-state index in [1.807, 2.05) is 0 Å². The summed E-state index contributed by atoms with van der Waals surface area (Å²) in [6.07, 6.45) is 0. The molecule has 1 nitrogen and oxygen atoms in total.